The number of aromatic nitrogens is 1. The van der Waals surface area contributed by atoms with E-state index in [9.17, 15) is 0 Å². The van der Waals surface area contributed by atoms with E-state index < -0.39 is 0 Å². The fourth-order valence-corrected chi connectivity index (χ4v) is 2.46. The summed E-state index contributed by atoms with van der Waals surface area (Å²) in [6.45, 7) is 4.43. The van der Waals surface area contributed by atoms with E-state index in [-0.39, 0.29) is 5.92 Å². The molecule has 0 fully saturated rings. The Morgan fingerprint density at radius 3 is 2.61 bits per heavy atom. The van der Waals surface area contributed by atoms with E-state index in [1.54, 1.807) is 0 Å². The van der Waals surface area contributed by atoms with Gasteiger partial charge in [0.2, 0.25) is 0 Å². The molecule has 0 aliphatic heterocycles. The van der Waals surface area contributed by atoms with Gasteiger partial charge in [0.1, 0.15) is 5.76 Å². The van der Waals surface area contributed by atoms with Crippen LogP contribution in [0.2, 0.25) is 5.02 Å². The van der Waals surface area contributed by atoms with Crippen molar-refractivity contribution in [2.24, 2.45) is 5.73 Å². The molecule has 4 heteroatoms. The minimum Gasteiger partial charge on any atom is -0.361 e. The Bertz CT molecular complexity index is 517. The molecular weight excluding hydrogens is 248 g/mol. The largest absolute Gasteiger partial charge is 0.361 e. The molecule has 0 aliphatic rings. The molecule has 2 rings (SSSR count). The van der Waals surface area contributed by atoms with E-state index >= 15 is 0 Å². The lowest BCUT2D eigenvalue weighted by molar-refractivity contribution is 0.392. The van der Waals surface area contributed by atoms with Crippen LogP contribution in [0.1, 0.15) is 28.5 Å². The molecule has 96 valence electrons. The first kappa shape index (κ1) is 13.1. The van der Waals surface area contributed by atoms with Gasteiger partial charge in [0, 0.05) is 16.5 Å². The van der Waals surface area contributed by atoms with Crippen molar-refractivity contribution in [2.45, 2.75) is 26.2 Å². The van der Waals surface area contributed by atoms with Gasteiger partial charge >= 0.3 is 0 Å². The van der Waals surface area contributed by atoms with Crippen LogP contribution in [0.5, 0.6) is 0 Å². The first-order valence-corrected chi connectivity index (χ1v) is 6.37. The summed E-state index contributed by atoms with van der Waals surface area (Å²) in [4.78, 5) is 0. The minimum atomic E-state index is 0.190. The Morgan fingerprint density at radius 1 is 1.33 bits per heavy atom. The smallest absolute Gasteiger partial charge is 0.137 e. The van der Waals surface area contributed by atoms with E-state index in [2.05, 4.69) is 5.16 Å². The number of nitrogens with two attached hydrogens (primary N) is 1. The highest BCUT2D eigenvalue weighted by atomic mass is 35.5. The zero-order valence-corrected chi connectivity index (χ0v) is 11.4. The molecule has 1 unspecified atom stereocenters. The van der Waals surface area contributed by atoms with Crippen LogP contribution >= 0.6 is 11.6 Å². The fourth-order valence-electron chi connectivity index (χ4n) is 2.17. The number of benzene rings is 1. The maximum atomic E-state index is 6.22. The van der Waals surface area contributed by atoms with Crippen LogP contribution < -0.4 is 5.73 Å². The highest BCUT2D eigenvalue weighted by Crippen LogP contribution is 2.28. The third kappa shape index (κ3) is 2.57. The van der Waals surface area contributed by atoms with Gasteiger partial charge in [0.05, 0.1) is 5.69 Å². The van der Waals surface area contributed by atoms with Crippen LogP contribution in [0.15, 0.2) is 28.8 Å². The van der Waals surface area contributed by atoms with Crippen LogP contribution in [-0.4, -0.2) is 11.7 Å². The Labute approximate surface area is 112 Å². The molecule has 1 aromatic carbocycles. The summed E-state index contributed by atoms with van der Waals surface area (Å²) >= 11 is 6.22. The molecule has 0 saturated heterocycles. The highest BCUT2D eigenvalue weighted by Gasteiger charge is 2.18. The summed E-state index contributed by atoms with van der Waals surface area (Å²) in [6.07, 6.45) is 0.807. The lowest BCUT2D eigenvalue weighted by Crippen LogP contribution is -2.16. The van der Waals surface area contributed by atoms with Crippen molar-refractivity contribution in [1.82, 2.24) is 5.16 Å². The van der Waals surface area contributed by atoms with Gasteiger partial charge in [-0.3, -0.25) is 0 Å². The zero-order valence-electron chi connectivity index (χ0n) is 10.6. The number of hydrogen-bond donors (Lipinski definition) is 1. The Hall–Kier alpha value is -1.32. The van der Waals surface area contributed by atoms with E-state index in [0.29, 0.717) is 6.54 Å². The fraction of sp³-hybridized carbons (Fsp3) is 0.357. The molecule has 0 bridgehead atoms. The quantitative estimate of drug-likeness (QED) is 0.922. The van der Waals surface area contributed by atoms with Gasteiger partial charge < -0.3 is 10.3 Å². The van der Waals surface area contributed by atoms with Gasteiger partial charge in [-0.15, -0.1) is 0 Å². The molecule has 0 saturated carbocycles. The maximum Gasteiger partial charge on any atom is 0.137 e. The van der Waals surface area contributed by atoms with Crippen molar-refractivity contribution in [1.29, 1.82) is 0 Å². The summed E-state index contributed by atoms with van der Waals surface area (Å²) in [5.41, 5.74) is 9.02. The number of halogens is 1. The predicted molar refractivity (Wildman–Crippen MR) is 72.9 cm³/mol. The topological polar surface area (TPSA) is 52.0 Å². The zero-order chi connectivity index (χ0) is 13.1. The monoisotopic (exact) mass is 264 g/mol. The molecule has 1 heterocycles. The number of aryl methyl sites for hydroxylation is 2. The lowest BCUT2D eigenvalue weighted by atomic mass is 9.91. The van der Waals surface area contributed by atoms with Crippen molar-refractivity contribution < 1.29 is 4.52 Å². The Balaban J connectivity index is 2.28. The van der Waals surface area contributed by atoms with Gasteiger partial charge in [-0.25, -0.2) is 0 Å². The van der Waals surface area contributed by atoms with Crippen LogP contribution in [0, 0.1) is 13.8 Å². The molecule has 0 spiro atoms. The summed E-state index contributed by atoms with van der Waals surface area (Å²) in [5.74, 6) is 1.05. The third-order valence-electron chi connectivity index (χ3n) is 3.26. The molecule has 1 aromatic heterocycles. The summed E-state index contributed by atoms with van der Waals surface area (Å²) in [6, 6.07) is 7.83. The maximum absolute atomic E-state index is 6.22. The van der Waals surface area contributed by atoms with Crippen LogP contribution in [0.25, 0.3) is 0 Å². The molecule has 1 atom stereocenters. The number of rotatable bonds is 4. The standard InChI is InChI=1S/C14H17ClN2O/c1-9-13(10(2)18-17-9)7-11(8-16)12-5-3-4-6-14(12)15/h3-6,11H,7-8,16H2,1-2H3. The molecule has 2 N–H and O–H groups in total. The Morgan fingerprint density at radius 2 is 2.06 bits per heavy atom. The van der Waals surface area contributed by atoms with Gasteiger partial charge in [0.25, 0.3) is 0 Å². The normalized spacial score (nSPS) is 12.7. The summed E-state index contributed by atoms with van der Waals surface area (Å²) in [5, 5.41) is 4.73. The average molecular weight is 265 g/mol. The first-order valence-electron chi connectivity index (χ1n) is 5.99. The van der Waals surface area contributed by atoms with Crippen molar-refractivity contribution in [3.05, 3.63) is 51.9 Å². The molecule has 0 radical (unpaired) electrons. The highest BCUT2D eigenvalue weighted by molar-refractivity contribution is 6.31. The summed E-state index contributed by atoms with van der Waals surface area (Å²) in [7, 11) is 0. The first-order chi connectivity index (χ1) is 8.63. The van der Waals surface area contributed by atoms with Crippen LogP contribution in [0.4, 0.5) is 0 Å². The second-order valence-corrected chi connectivity index (χ2v) is 4.87. The van der Waals surface area contributed by atoms with Crippen molar-refractivity contribution in [3.8, 4) is 0 Å². The second kappa shape index (κ2) is 5.55. The predicted octanol–water partition coefficient (Wildman–Crippen LogP) is 3.23. The van der Waals surface area contributed by atoms with Gasteiger partial charge in [-0.2, -0.15) is 0 Å². The van der Waals surface area contributed by atoms with E-state index in [1.165, 1.54) is 0 Å². The van der Waals surface area contributed by atoms with Gasteiger partial charge in [0.15, 0.2) is 0 Å². The molecule has 18 heavy (non-hydrogen) atoms. The van der Waals surface area contributed by atoms with E-state index in [4.69, 9.17) is 21.9 Å². The molecule has 0 aliphatic carbocycles. The molecule has 2 aromatic rings. The SMILES string of the molecule is Cc1noc(C)c1CC(CN)c1ccccc1Cl. The van der Waals surface area contributed by atoms with Crippen molar-refractivity contribution in [2.75, 3.05) is 6.54 Å². The van der Waals surface area contributed by atoms with Crippen molar-refractivity contribution >= 4 is 11.6 Å². The third-order valence-corrected chi connectivity index (χ3v) is 3.61. The van der Waals surface area contributed by atoms with E-state index in [0.717, 1.165) is 34.0 Å². The lowest BCUT2D eigenvalue weighted by Gasteiger charge is -2.16. The molecule has 3 nitrogen and oxygen atoms in total. The average Bonchev–Trinajstić information content (AvgIpc) is 2.68. The van der Waals surface area contributed by atoms with E-state index in [1.807, 2.05) is 38.1 Å². The number of nitrogens with zero attached hydrogens (tertiary/aromatic N) is 1. The summed E-state index contributed by atoms with van der Waals surface area (Å²) < 4.78 is 5.18. The second-order valence-electron chi connectivity index (χ2n) is 4.46. The van der Waals surface area contributed by atoms with Crippen LogP contribution in [-0.2, 0) is 6.42 Å². The van der Waals surface area contributed by atoms with Crippen LogP contribution in [0.3, 0.4) is 0 Å². The molecule has 0 amide bonds. The molecular formula is C14H17ClN2O. The van der Waals surface area contributed by atoms with Gasteiger partial charge in [-0.1, -0.05) is 35.0 Å². The number of hydrogen-bond acceptors (Lipinski definition) is 3. The van der Waals surface area contributed by atoms with Gasteiger partial charge in [-0.05, 0) is 38.4 Å². The minimum absolute atomic E-state index is 0.190. The van der Waals surface area contributed by atoms with Crippen molar-refractivity contribution in [3.63, 3.8) is 0 Å². The Kier molecular flexibility index (Phi) is 4.04.